The van der Waals surface area contributed by atoms with Crippen LogP contribution < -0.4 is 5.32 Å². The third-order valence-corrected chi connectivity index (χ3v) is 3.24. The molecule has 22 heavy (non-hydrogen) atoms. The lowest BCUT2D eigenvalue weighted by molar-refractivity contribution is 0.105. The van der Waals surface area contributed by atoms with Crippen LogP contribution in [-0.2, 0) is 0 Å². The van der Waals surface area contributed by atoms with Gasteiger partial charge in [-0.25, -0.2) is 9.97 Å². The number of rotatable bonds is 5. The van der Waals surface area contributed by atoms with Crippen LogP contribution in [0.1, 0.15) is 0 Å². The van der Waals surface area contributed by atoms with Gasteiger partial charge in [-0.15, -0.1) is 0 Å². The van der Waals surface area contributed by atoms with E-state index in [0.717, 1.165) is 16.5 Å². The highest BCUT2D eigenvalue weighted by Gasteiger charge is 2.10. The Kier molecular flexibility index (Phi) is 4.22. The molecular weight excluding hydrogens is 280 g/mol. The molecule has 1 aromatic carbocycles. The van der Waals surface area contributed by atoms with Crippen molar-refractivity contribution in [3.8, 4) is 11.4 Å². The van der Waals surface area contributed by atoms with E-state index >= 15 is 0 Å². The SMILES string of the molecule is OC[C@H](O)CNc1nc(-c2cccnc2)nc2ccccc12. The molecule has 0 radical (unpaired) electrons. The van der Waals surface area contributed by atoms with E-state index in [4.69, 9.17) is 5.11 Å². The highest BCUT2D eigenvalue weighted by atomic mass is 16.3. The van der Waals surface area contributed by atoms with Crippen molar-refractivity contribution in [1.82, 2.24) is 15.0 Å². The summed E-state index contributed by atoms with van der Waals surface area (Å²) in [6, 6.07) is 11.4. The van der Waals surface area contributed by atoms with Crippen LogP contribution in [0.4, 0.5) is 5.82 Å². The fraction of sp³-hybridized carbons (Fsp3) is 0.188. The number of hydrogen-bond donors (Lipinski definition) is 3. The number of pyridine rings is 1. The zero-order valence-electron chi connectivity index (χ0n) is 11.8. The van der Waals surface area contributed by atoms with Crippen molar-refractivity contribution >= 4 is 16.7 Å². The second kappa shape index (κ2) is 6.46. The lowest BCUT2D eigenvalue weighted by atomic mass is 10.2. The molecule has 0 spiro atoms. The smallest absolute Gasteiger partial charge is 0.163 e. The van der Waals surface area contributed by atoms with Crippen molar-refractivity contribution in [1.29, 1.82) is 0 Å². The molecule has 0 aliphatic rings. The molecule has 0 unspecified atom stereocenters. The molecule has 3 aromatic rings. The number of nitrogens with one attached hydrogen (secondary N) is 1. The summed E-state index contributed by atoms with van der Waals surface area (Å²) >= 11 is 0. The van der Waals surface area contributed by atoms with Gasteiger partial charge >= 0.3 is 0 Å². The minimum Gasteiger partial charge on any atom is -0.394 e. The standard InChI is InChI=1S/C16H16N4O2/c21-10-12(22)9-18-16-13-5-1-2-6-14(13)19-15(20-16)11-4-3-7-17-8-11/h1-8,12,21-22H,9-10H2,(H,18,19,20)/t12-/m1/s1. The van der Waals surface area contributed by atoms with Crippen LogP contribution in [0.5, 0.6) is 0 Å². The summed E-state index contributed by atoms with van der Waals surface area (Å²) in [7, 11) is 0. The molecule has 2 aromatic heterocycles. The number of nitrogens with zero attached hydrogens (tertiary/aromatic N) is 3. The molecule has 0 aliphatic heterocycles. The minimum absolute atomic E-state index is 0.212. The van der Waals surface area contributed by atoms with E-state index in [9.17, 15) is 5.11 Å². The van der Waals surface area contributed by atoms with E-state index in [1.54, 1.807) is 12.4 Å². The Hall–Kier alpha value is -2.57. The molecule has 112 valence electrons. The normalized spacial score (nSPS) is 12.3. The maximum atomic E-state index is 9.51. The largest absolute Gasteiger partial charge is 0.394 e. The minimum atomic E-state index is -0.837. The zero-order valence-corrected chi connectivity index (χ0v) is 11.8. The number of hydrogen-bond acceptors (Lipinski definition) is 6. The Morgan fingerprint density at radius 1 is 1.09 bits per heavy atom. The second-order valence-electron chi connectivity index (χ2n) is 4.87. The average molecular weight is 296 g/mol. The summed E-state index contributed by atoms with van der Waals surface area (Å²) in [4.78, 5) is 13.2. The van der Waals surface area contributed by atoms with E-state index < -0.39 is 6.10 Å². The summed E-state index contributed by atoms with van der Waals surface area (Å²) in [6.07, 6.45) is 2.56. The summed E-state index contributed by atoms with van der Waals surface area (Å²) in [5.41, 5.74) is 1.62. The van der Waals surface area contributed by atoms with Gasteiger partial charge in [0.05, 0.1) is 18.2 Å². The molecule has 0 aliphatic carbocycles. The van der Waals surface area contributed by atoms with Gasteiger partial charge in [-0.2, -0.15) is 0 Å². The molecular formula is C16H16N4O2. The van der Waals surface area contributed by atoms with Crippen molar-refractivity contribution in [2.24, 2.45) is 0 Å². The van der Waals surface area contributed by atoms with Crippen molar-refractivity contribution in [3.05, 3.63) is 48.8 Å². The van der Waals surface area contributed by atoms with E-state index in [0.29, 0.717) is 11.6 Å². The first-order chi connectivity index (χ1) is 10.8. The maximum Gasteiger partial charge on any atom is 0.163 e. The van der Waals surface area contributed by atoms with E-state index in [1.807, 2.05) is 36.4 Å². The van der Waals surface area contributed by atoms with Gasteiger partial charge in [0.25, 0.3) is 0 Å². The summed E-state index contributed by atoms with van der Waals surface area (Å²) in [5.74, 6) is 1.18. The topological polar surface area (TPSA) is 91.2 Å². The lowest BCUT2D eigenvalue weighted by Crippen LogP contribution is -2.23. The predicted molar refractivity (Wildman–Crippen MR) is 84.4 cm³/mol. The summed E-state index contributed by atoms with van der Waals surface area (Å²) < 4.78 is 0. The first kappa shape index (κ1) is 14.4. The monoisotopic (exact) mass is 296 g/mol. The Balaban J connectivity index is 2.04. The van der Waals surface area contributed by atoms with Gasteiger partial charge in [0.1, 0.15) is 5.82 Å². The van der Waals surface area contributed by atoms with Crippen molar-refractivity contribution in [2.45, 2.75) is 6.10 Å². The van der Waals surface area contributed by atoms with Crippen molar-refractivity contribution in [2.75, 3.05) is 18.5 Å². The van der Waals surface area contributed by atoms with Gasteiger partial charge < -0.3 is 15.5 Å². The third-order valence-electron chi connectivity index (χ3n) is 3.24. The van der Waals surface area contributed by atoms with Crippen molar-refractivity contribution < 1.29 is 10.2 Å². The van der Waals surface area contributed by atoms with Gasteiger partial charge in [0.2, 0.25) is 0 Å². The van der Waals surface area contributed by atoms with Gasteiger partial charge in [-0.1, -0.05) is 12.1 Å². The lowest BCUT2D eigenvalue weighted by Gasteiger charge is -2.13. The highest BCUT2D eigenvalue weighted by molar-refractivity contribution is 5.90. The highest BCUT2D eigenvalue weighted by Crippen LogP contribution is 2.24. The molecule has 3 rings (SSSR count). The number of aliphatic hydroxyl groups excluding tert-OH is 2. The molecule has 3 N–H and O–H groups in total. The molecule has 1 atom stereocenters. The Labute approximate surface area is 127 Å². The predicted octanol–water partition coefficient (Wildman–Crippen LogP) is 1.46. The van der Waals surface area contributed by atoms with Crippen LogP contribution in [0.2, 0.25) is 0 Å². The first-order valence-electron chi connectivity index (χ1n) is 6.98. The van der Waals surface area contributed by atoms with Gasteiger partial charge in [0, 0.05) is 29.9 Å². The molecule has 6 nitrogen and oxygen atoms in total. The van der Waals surface area contributed by atoms with Crippen LogP contribution in [0.15, 0.2) is 48.8 Å². The Morgan fingerprint density at radius 3 is 2.73 bits per heavy atom. The molecule has 2 heterocycles. The van der Waals surface area contributed by atoms with E-state index in [2.05, 4.69) is 20.3 Å². The second-order valence-corrected chi connectivity index (χ2v) is 4.87. The Morgan fingerprint density at radius 2 is 1.95 bits per heavy atom. The maximum absolute atomic E-state index is 9.51. The number of anilines is 1. The quantitative estimate of drug-likeness (QED) is 0.660. The molecule has 0 bridgehead atoms. The zero-order chi connectivity index (χ0) is 15.4. The summed E-state index contributed by atoms with van der Waals surface area (Å²) in [6.45, 7) is -0.0878. The number of para-hydroxylation sites is 1. The fourth-order valence-electron chi connectivity index (χ4n) is 2.11. The van der Waals surface area contributed by atoms with Crippen LogP contribution in [0, 0.1) is 0 Å². The van der Waals surface area contributed by atoms with E-state index in [1.165, 1.54) is 0 Å². The number of aromatic nitrogens is 3. The number of aliphatic hydroxyl groups is 2. The van der Waals surface area contributed by atoms with Gasteiger partial charge in [-0.05, 0) is 24.3 Å². The van der Waals surface area contributed by atoms with Crippen LogP contribution in [0.25, 0.3) is 22.3 Å². The molecule has 0 amide bonds. The van der Waals surface area contributed by atoms with E-state index in [-0.39, 0.29) is 13.2 Å². The van der Waals surface area contributed by atoms with Crippen LogP contribution in [0.3, 0.4) is 0 Å². The molecule has 0 saturated heterocycles. The Bertz CT molecular complexity index is 764. The van der Waals surface area contributed by atoms with Gasteiger partial charge in [-0.3, -0.25) is 4.98 Å². The first-order valence-corrected chi connectivity index (χ1v) is 6.98. The van der Waals surface area contributed by atoms with Crippen LogP contribution >= 0.6 is 0 Å². The molecule has 0 saturated carbocycles. The molecule has 0 fully saturated rings. The van der Waals surface area contributed by atoms with Crippen LogP contribution in [-0.4, -0.2) is 44.4 Å². The average Bonchev–Trinajstić information content (AvgIpc) is 2.59. The fourth-order valence-corrected chi connectivity index (χ4v) is 2.11. The third kappa shape index (κ3) is 3.03. The molecule has 6 heteroatoms. The summed E-state index contributed by atoms with van der Waals surface area (Å²) in [5, 5.41) is 22.4. The van der Waals surface area contributed by atoms with Gasteiger partial charge in [0.15, 0.2) is 5.82 Å². The number of fused-ring (bicyclic) bond motifs is 1. The van der Waals surface area contributed by atoms with Crippen molar-refractivity contribution in [3.63, 3.8) is 0 Å². The number of benzene rings is 1.